The molecule has 0 amide bonds. The number of benzene rings is 2. The summed E-state index contributed by atoms with van der Waals surface area (Å²) in [6.45, 7) is 2.12. The molecule has 30 heavy (non-hydrogen) atoms. The lowest BCUT2D eigenvalue weighted by atomic mass is 10.1. The van der Waals surface area contributed by atoms with Crippen molar-refractivity contribution in [3.63, 3.8) is 0 Å². The molecular formula is C22H21ClF3NO3. The third-order valence-electron chi connectivity index (χ3n) is 4.77. The van der Waals surface area contributed by atoms with Crippen LogP contribution in [0.5, 0.6) is 11.5 Å². The largest absolute Gasteiger partial charge is 0.481 e. The molecule has 3 aromatic rings. The smallest absolute Gasteiger partial charge is 0.420 e. The van der Waals surface area contributed by atoms with Crippen LogP contribution >= 0.6 is 11.6 Å². The maximum atomic E-state index is 13.6. The van der Waals surface area contributed by atoms with E-state index in [0.717, 1.165) is 48.2 Å². The summed E-state index contributed by atoms with van der Waals surface area (Å²) in [5.74, 6) is -1.57. The number of aryl methyl sites for hydroxylation is 1. The van der Waals surface area contributed by atoms with Crippen LogP contribution in [0, 0.1) is 0 Å². The van der Waals surface area contributed by atoms with Crippen molar-refractivity contribution in [2.45, 2.75) is 45.2 Å². The first kappa shape index (κ1) is 22.0. The van der Waals surface area contributed by atoms with Crippen LogP contribution in [0.3, 0.4) is 0 Å². The first-order valence-corrected chi connectivity index (χ1v) is 9.96. The van der Waals surface area contributed by atoms with Crippen molar-refractivity contribution in [1.82, 2.24) is 4.98 Å². The van der Waals surface area contributed by atoms with Crippen molar-refractivity contribution in [1.29, 1.82) is 0 Å². The highest BCUT2D eigenvalue weighted by Crippen LogP contribution is 2.43. The predicted octanol–water partition coefficient (Wildman–Crippen LogP) is 6.99. The van der Waals surface area contributed by atoms with E-state index in [2.05, 4.69) is 11.9 Å². The second kappa shape index (κ2) is 9.00. The van der Waals surface area contributed by atoms with E-state index >= 15 is 0 Å². The minimum atomic E-state index is -4.75. The summed E-state index contributed by atoms with van der Waals surface area (Å²) in [5.41, 5.74) is 0.783. The average molecular weight is 440 g/mol. The fourth-order valence-corrected chi connectivity index (χ4v) is 3.63. The van der Waals surface area contributed by atoms with Gasteiger partial charge in [0.15, 0.2) is 5.75 Å². The Morgan fingerprint density at radius 1 is 1.20 bits per heavy atom. The minimum Gasteiger partial charge on any atom is -0.481 e. The number of carboxylic acid groups (broad SMARTS) is 1. The van der Waals surface area contributed by atoms with Crippen molar-refractivity contribution in [3.05, 3.63) is 58.2 Å². The van der Waals surface area contributed by atoms with Gasteiger partial charge in [0.2, 0.25) is 0 Å². The first-order chi connectivity index (χ1) is 14.2. The van der Waals surface area contributed by atoms with Crippen LogP contribution < -0.4 is 4.74 Å². The molecule has 0 aliphatic rings. The van der Waals surface area contributed by atoms with Crippen LogP contribution in [0.15, 0.2) is 36.5 Å². The lowest BCUT2D eigenvalue weighted by Crippen LogP contribution is -2.10. The third-order valence-corrected chi connectivity index (χ3v) is 5.05. The monoisotopic (exact) mass is 439 g/mol. The normalized spacial score (nSPS) is 11.8. The topological polar surface area (TPSA) is 62.3 Å². The SMILES string of the molecule is CCCCCc1c[nH]c2ccc(Oc3c(Cl)cc(CC(=O)O)cc3C(F)(F)F)cc12. The number of aromatic amines is 1. The van der Waals surface area contributed by atoms with Gasteiger partial charge in [-0.05, 0) is 54.3 Å². The molecule has 0 saturated carbocycles. The van der Waals surface area contributed by atoms with Gasteiger partial charge in [-0.3, -0.25) is 4.79 Å². The molecule has 8 heteroatoms. The van der Waals surface area contributed by atoms with Gasteiger partial charge in [0.1, 0.15) is 5.75 Å². The molecule has 0 radical (unpaired) electrons. The van der Waals surface area contributed by atoms with E-state index in [0.29, 0.717) is 0 Å². The van der Waals surface area contributed by atoms with E-state index in [1.54, 1.807) is 18.2 Å². The maximum absolute atomic E-state index is 13.6. The summed E-state index contributed by atoms with van der Waals surface area (Å²) >= 11 is 6.06. The molecule has 0 aliphatic carbocycles. The van der Waals surface area contributed by atoms with Gasteiger partial charge >= 0.3 is 12.1 Å². The Balaban J connectivity index is 1.97. The molecule has 4 nitrogen and oxygen atoms in total. The Morgan fingerprint density at radius 3 is 2.63 bits per heavy atom. The Hall–Kier alpha value is -2.67. The number of hydrogen-bond acceptors (Lipinski definition) is 2. The fourth-order valence-electron chi connectivity index (χ4n) is 3.35. The van der Waals surface area contributed by atoms with Crippen LogP contribution in [-0.2, 0) is 23.8 Å². The zero-order valence-electron chi connectivity index (χ0n) is 16.3. The number of nitrogens with one attached hydrogen (secondary N) is 1. The van der Waals surface area contributed by atoms with E-state index in [9.17, 15) is 18.0 Å². The van der Waals surface area contributed by atoms with E-state index in [4.69, 9.17) is 21.4 Å². The summed E-state index contributed by atoms with van der Waals surface area (Å²) < 4.78 is 46.4. The van der Waals surface area contributed by atoms with Gasteiger partial charge < -0.3 is 14.8 Å². The number of alkyl halides is 3. The van der Waals surface area contributed by atoms with E-state index in [1.807, 2.05) is 6.20 Å². The molecular weight excluding hydrogens is 419 g/mol. The number of aliphatic carboxylic acids is 1. The second-order valence-corrected chi connectivity index (χ2v) is 7.51. The van der Waals surface area contributed by atoms with E-state index < -0.39 is 29.9 Å². The molecule has 1 heterocycles. The summed E-state index contributed by atoms with van der Waals surface area (Å²) in [7, 11) is 0. The van der Waals surface area contributed by atoms with Gasteiger partial charge in [-0.15, -0.1) is 0 Å². The van der Waals surface area contributed by atoms with Crippen molar-refractivity contribution in [2.24, 2.45) is 0 Å². The highest BCUT2D eigenvalue weighted by atomic mass is 35.5. The highest BCUT2D eigenvalue weighted by molar-refractivity contribution is 6.32. The van der Waals surface area contributed by atoms with Gasteiger partial charge in [0.25, 0.3) is 0 Å². The Kier molecular flexibility index (Phi) is 6.61. The number of fused-ring (bicyclic) bond motifs is 1. The van der Waals surface area contributed by atoms with Gasteiger partial charge in [0, 0.05) is 17.1 Å². The number of aromatic nitrogens is 1. The summed E-state index contributed by atoms with van der Waals surface area (Å²) in [6, 6.07) is 6.95. The zero-order chi connectivity index (χ0) is 21.9. The van der Waals surface area contributed by atoms with Gasteiger partial charge in [-0.1, -0.05) is 31.4 Å². The van der Waals surface area contributed by atoms with Crippen molar-refractivity contribution in [3.8, 4) is 11.5 Å². The third kappa shape index (κ3) is 5.08. The number of H-pyrrole nitrogens is 1. The number of halogens is 4. The quantitative estimate of drug-likeness (QED) is 0.372. The molecule has 0 aliphatic heterocycles. The van der Waals surface area contributed by atoms with Crippen LogP contribution in [0.4, 0.5) is 13.2 Å². The first-order valence-electron chi connectivity index (χ1n) is 9.58. The van der Waals surface area contributed by atoms with E-state index in [-0.39, 0.29) is 16.3 Å². The molecule has 0 bridgehead atoms. The van der Waals surface area contributed by atoms with Crippen LogP contribution in [0.1, 0.15) is 42.9 Å². The molecule has 3 rings (SSSR count). The summed E-state index contributed by atoms with van der Waals surface area (Å²) in [5, 5.41) is 9.47. The second-order valence-electron chi connectivity index (χ2n) is 7.10. The van der Waals surface area contributed by atoms with Gasteiger partial charge in [-0.25, -0.2) is 0 Å². The molecule has 160 valence electrons. The number of ether oxygens (including phenoxy) is 1. The zero-order valence-corrected chi connectivity index (χ0v) is 17.0. The number of rotatable bonds is 8. The highest BCUT2D eigenvalue weighted by Gasteiger charge is 2.36. The lowest BCUT2D eigenvalue weighted by molar-refractivity contribution is -0.139. The summed E-state index contributed by atoms with van der Waals surface area (Å²) in [6.07, 6.45) is 0.637. The lowest BCUT2D eigenvalue weighted by Gasteiger charge is -2.17. The number of carboxylic acids is 1. The van der Waals surface area contributed by atoms with Crippen molar-refractivity contribution < 1.29 is 27.8 Å². The standard InChI is InChI=1S/C22H21ClF3NO3/c1-2-3-4-5-14-12-27-19-7-6-15(11-16(14)19)30-21-17(22(24,25)26)8-13(9-18(21)23)10-20(28)29/h6-9,11-12,27H,2-5,10H2,1H3,(H,28,29). The van der Waals surface area contributed by atoms with Crippen molar-refractivity contribution in [2.75, 3.05) is 0 Å². The molecule has 0 unspecified atom stereocenters. The van der Waals surface area contributed by atoms with Crippen molar-refractivity contribution >= 4 is 28.5 Å². The van der Waals surface area contributed by atoms with Crippen LogP contribution in [0.25, 0.3) is 10.9 Å². The fraction of sp³-hybridized carbons (Fsp3) is 0.318. The minimum absolute atomic E-state index is 0.0496. The van der Waals surface area contributed by atoms with Crippen LogP contribution in [-0.4, -0.2) is 16.1 Å². The Bertz CT molecular complexity index is 1060. The Morgan fingerprint density at radius 2 is 1.97 bits per heavy atom. The molecule has 0 fully saturated rings. The molecule has 2 aromatic carbocycles. The van der Waals surface area contributed by atoms with Crippen LogP contribution in [0.2, 0.25) is 5.02 Å². The number of carbonyl (C=O) groups is 1. The van der Waals surface area contributed by atoms with Gasteiger partial charge in [0.05, 0.1) is 17.0 Å². The average Bonchev–Trinajstić information content (AvgIpc) is 3.05. The molecule has 2 N–H and O–H groups in total. The van der Waals surface area contributed by atoms with Gasteiger partial charge in [-0.2, -0.15) is 13.2 Å². The Labute approximate surface area is 176 Å². The predicted molar refractivity (Wildman–Crippen MR) is 109 cm³/mol. The molecule has 0 saturated heterocycles. The molecule has 0 atom stereocenters. The molecule has 1 aromatic heterocycles. The summed E-state index contributed by atoms with van der Waals surface area (Å²) in [4.78, 5) is 14.0. The number of hydrogen-bond donors (Lipinski definition) is 2. The van der Waals surface area contributed by atoms with E-state index in [1.165, 1.54) is 6.07 Å². The molecule has 0 spiro atoms. The maximum Gasteiger partial charge on any atom is 0.420 e. The number of unbranched alkanes of at least 4 members (excludes halogenated alkanes) is 2.